The summed E-state index contributed by atoms with van der Waals surface area (Å²) in [6.07, 6.45) is 1.73. The summed E-state index contributed by atoms with van der Waals surface area (Å²) in [5.41, 5.74) is 4.16. The fourth-order valence-corrected chi connectivity index (χ4v) is 3.05. The van der Waals surface area contributed by atoms with E-state index in [1.54, 1.807) is 6.07 Å². The van der Waals surface area contributed by atoms with Crippen LogP contribution < -0.4 is 4.90 Å². The summed E-state index contributed by atoms with van der Waals surface area (Å²) in [5, 5.41) is 0. The van der Waals surface area contributed by atoms with Crippen LogP contribution in [-0.4, -0.2) is 0 Å². The van der Waals surface area contributed by atoms with Crippen LogP contribution in [-0.2, 0) is 19.5 Å². The molecule has 2 heteroatoms. The second-order valence-electron chi connectivity index (χ2n) is 6.35. The van der Waals surface area contributed by atoms with Gasteiger partial charge in [0.15, 0.2) is 0 Å². The summed E-state index contributed by atoms with van der Waals surface area (Å²) in [6.45, 7) is 3.58. The highest BCUT2D eigenvalue weighted by molar-refractivity contribution is 5.49. The minimum Gasteiger partial charge on any atom is -0.363 e. The molecule has 3 aromatic rings. The number of rotatable bonds is 7. The third-order valence-corrected chi connectivity index (χ3v) is 4.35. The lowest BCUT2D eigenvalue weighted by Crippen LogP contribution is -2.22. The third-order valence-electron chi connectivity index (χ3n) is 4.35. The molecule has 0 aromatic heterocycles. The molecule has 3 rings (SSSR count). The maximum absolute atomic E-state index is 14.4. The lowest BCUT2D eigenvalue weighted by molar-refractivity contribution is 0.606. The van der Waals surface area contributed by atoms with Crippen molar-refractivity contribution < 1.29 is 4.39 Å². The quantitative estimate of drug-likeness (QED) is 0.514. The highest BCUT2D eigenvalue weighted by Gasteiger charge is 2.11. The Kier molecular flexibility index (Phi) is 5.84. The van der Waals surface area contributed by atoms with E-state index >= 15 is 0 Å². The average molecular weight is 333 g/mol. The van der Waals surface area contributed by atoms with Gasteiger partial charge in [0.1, 0.15) is 5.82 Å². The Bertz CT molecular complexity index is 742. The van der Waals surface area contributed by atoms with E-state index in [0.717, 1.165) is 37.2 Å². The van der Waals surface area contributed by atoms with Crippen LogP contribution in [0.5, 0.6) is 0 Å². The van der Waals surface area contributed by atoms with E-state index < -0.39 is 0 Å². The minimum atomic E-state index is -0.106. The maximum Gasteiger partial charge on any atom is 0.128 e. The number of hydrogen-bond acceptors (Lipinski definition) is 1. The first-order valence-corrected chi connectivity index (χ1v) is 8.87. The Hall–Kier alpha value is -2.61. The molecular formula is C23H24FN. The van der Waals surface area contributed by atoms with Gasteiger partial charge < -0.3 is 4.90 Å². The standard InChI is InChI=1S/C23H24FN/c1-2-9-21-14-15-22(16-23(21)24)25(17-19-10-5-3-6-11-19)18-20-12-7-4-8-13-20/h3-8,10-16H,2,9,17-18H2,1H3. The van der Waals surface area contributed by atoms with Crippen LogP contribution in [0.1, 0.15) is 30.0 Å². The molecule has 0 fully saturated rings. The number of benzene rings is 3. The van der Waals surface area contributed by atoms with E-state index in [9.17, 15) is 4.39 Å². The van der Waals surface area contributed by atoms with Crippen molar-refractivity contribution in [1.29, 1.82) is 0 Å². The molecule has 0 aliphatic rings. The lowest BCUT2D eigenvalue weighted by Gasteiger charge is -2.26. The average Bonchev–Trinajstić information content (AvgIpc) is 2.65. The molecule has 0 saturated carbocycles. The van der Waals surface area contributed by atoms with Gasteiger partial charge in [-0.1, -0.05) is 80.1 Å². The largest absolute Gasteiger partial charge is 0.363 e. The topological polar surface area (TPSA) is 3.24 Å². The van der Waals surface area contributed by atoms with Crippen LogP contribution in [0.2, 0.25) is 0 Å². The first kappa shape index (κ1) is 17.2. The van der Waals surface area contributed by atoms with Crippen LogP contribution in [0.4, 0.5) is 10.1 Å². The van der Waals surface area contributed by atoms with Gasteiger partial charge in [-0.05, 0) is 35.2 Å². The number of nitrogens with zero attached hydrogens (tertiary/aromatic N) is 1. The molecular weight excluding hydrogens is 309 g/mol. The van der Waals surface area contributed by atoms with Crippen LogP contribution in [0, 0.1) is 5.82 Å². The van der Waals surface area contributed by atoms with Gasteiger partial charge in [0.25, 0.3) is 0 Å². The molecule has 128 valence electrons. The van der Waals surface area contributed by atoms with Crippen molar-refractivity contribution in [3.8, 4) is 0 Å². The molecule has 3 aromatic carbocycles. The van der Waals surface area contributed by atoms with Crippen molar-refractivity contribution in [2.24, 2.45) is 0 Å². The van der Waals surface area contributed by atoms with Gasteiger partial charge in [0.2, 0.25) is 0 Å². The van der Waals surface area contributed by atoms with E-state index in [-0.39, 0.29) is 5.82 Å². The summed E-state index contributed by atoms with van der Waals surface area (Å²) in [5.74, 6) is -0.106. The molecule has 0 bridgehead atoms. The molecule has 0 spiro atoms. The Morgan fingerprint density at radius 3 is 1.80 bits per heavy atom. The Labute approximate surface area is 149 Å². The maximum atomic E-state index is 14.4. The first-order valence-electron chi connectivity index (χ1n) is 8.87. The highest BCUT2D eigenvalue weighted by Crippen LogP contribution is 2.23. The van der Waals surface area contributed by atoms with Gasteiger partial charge in [-0.25, -0.2) is 4.39 Å². The van der Waals surface area contributed by atoms with Crippen molar-refractivity contribution in [1.82, 2.24) is 0 Å². The van der Waals surface area contributed by atoms with Gasteiger partial charge in [-0.3, -0.25) is 0 Å². The predicted octanol–water partition coefficient (Wildman–Crippen LogP) is 5.99. The molecule has 0 atom stereocenters. The summed E-state index contributed by atoms with van der Waals surface area (Å²) < 4.78 is 14.4. The van der Waals surface area contributed by atoms with E-state index in [0.29, 0.717) is 0 Å². The Morgan fingerprint density at radius 1 is 0.760 bits per heavy atom. The van der Waals surface area contributed by atoms with Crippen LogP contribution in [0.25, 0.3) is 0 Å². The first-order chi connectivity index (χ1) is 12.3. The zero-order valence-electron chi connectivity index (χ0n) is 14.7. The lowest BCUT2D eigenvalue weighted by atomic mass is 10.1. The molecule has 0 amide bonds. The smallest absolute Gasteiger partial charge is 0.128 e. The SMILES string of the molecule is CCCc1ccc(N(Cc2ccccc2)Cc2ccccc2)cc1F. The van der Waals surface area contributed by atoms with Gasteiger partial charge in [-0.15, -0.1) is 0 Å². The minimum absolute atomic E-state index is 0.106. The summed E-state index contributed by atoms with van der Waals surface area (Å²) in [4.78, 5) is 2.23. The van der Waals surface area contributed by atoms with Gasteiger partial charge in [-0.2, -0.15) is 0 Å². The second-order valence-corrected chi connectivity index (χ2v) is 6.35. The molecule has 1 nitrogen and oxygen atoms in total. The van der Waals surface area contributed by atoms with Crippen molar-refractivity contribution in [2.45, 2.75) is 32.9 Å². The fourth-order valence-electron chi connectivity index (χ4n) is 3.05. The van der Waals surface area contributed by atoms with Crippen molar-refractivity contribution in [2.75, 3.05) is 4.90 Å². The monoisotopic (exact) mass is 333 g/mol. The summed E-state index contributed by atoms with van der Waals surface area (Å²) in [6, 6.07) is 26.3. The summed E-state index contributed by atoms with van der Waals surface area (Å²) in [7, 11) is 0. The van der Waals surface area contributed by atoms with E-state index in [4.69, 9.17) is 0 Å². The molecule has 0 heterocycles. The van der Waals surface area contributed by atoms with Crippen molar-refractivity contribution >= 4 is 5.69 Å². The normalized spacial score (nSPS) is 10.6. The highest BCUT2D eigenvalue weighted by atomic mass is 19.1. The molecule has 0 unspecified atom stereocenters. The van der Waals surface area contributed by atoms with Crippen LogP contribution in [0.3, 0.4) is 0 Å². The molecule has 0 saturated heterocycles. The van der Waals surface area contributed by atoms with Crippen molar-refractivity contribution in [3.63, 3.8) is 0 Å². The predicted molar refractivity (Wildman–Crippen MR) is 103 cm³/mol. The molecule has 0 radical (unpaired) electrons. The van der Waals surface area contributed by atoms with Crippen LogP contribution in [0.15, 0.2) is 78.9 Å². The van der Waals surface area contributed by atoms with Crippen LogP contribution >= 0.6 is 0 Å². The van der Waals surface area contributed by atoms with Gasteiger partial charge in [0.05, 0.1) is 0 Å². The third kappa shape index (κ3) is 4.69. The Balaban J connectivity index is 1.88. The zero-order chi connectivity index (χ0) is 17.5. The zero-order valence-corrected chi connectivity index (χ0v) is 14.7. The Morgan fingerprint density at radius 2 is 1.32 bits per heavy atom. The summed E-state index contributed by atoms with van der Waals surface area (Å²) >= 11 is 0. The molecule has 0 aliphatic heterocycles. The van der Waals surface area contributed by atoms with E-state index in [1.807, 2.05) is 48.5 Å². The molecule has 25 heavy (non-hydrogen) atoms. The van der Waals surface area contributed by atoms with Crippen molar-refractivity contribution in [3.05, 3.63) is 101 Å². The van der Waals surface area contributed by atoms with Gasteiger partial charge >= 0.3 is 0 Å². The molecule has 0 aliphatic carbocycles. The number of hydrogen-bond donors (Lipinski definition) is 0. The second kappa shape index (κ2) is 8.48. The number of halogens is 1. The van der Waals surface area contributed by atoms with E-state index in [2.05, 4.69) is 36.1 Å². The van der Waals surface area contributed by atoms with Gasteiger partial charge in [0, 0.05) is 18.8 Å². The number of anilines is 1. The number of aryl methyl sites for hydroxylation is 1. The fraction of sp³-hybridized carbons (Fsp3) is 0.217. The molecule has 0 N–H and O–H groups in total. The van der Waals surface area contributed by atoms with E-state index in [1.165, 1.54) is 11.1 Å².